The maximum atomic E-state index is 9.75. The summed E-state index contributed by atoms with van der Waals surface area (Å²) in [5.41, 5.74) is 1.12. The molecule has 2 rings (SSSR count). The predicted octanol–water partition coefficient (Wildman–Crippen LogP) is 3.44. The molecule has 2 unspecified atom stereocenters. The molecular weight excluding hydrogens is 294 g/mol. The van der Waals surface area contributed by atoms with Crippen molar-refractivity contribution in [2.45, 2.75) is 38.8 Å². The van der Waals surface area contributed by atoms with Gasteiger partial charge in [-0.2, -0.15) is 0 Å². The SMILES string of the molecule is COc1cc(CNC2CCCC2C)cc(Br)c1O. The van der Waals surface area contributed by atoms with Crippen LogP contribution < -0.4 is 10.1 Å². The standard InChI is InChI=1S/C14H20BrNO2/c1-9-4-3-5-12(9)16-8-10-6-11(15)14(17)13(7-10)18-2/h6-7,9,12,16-17H,3-5,8H2,1-2H3. The summed E-state index contributed by atoms with van der Waals surface area (Å²) in [5, 5.41) is 13.3. The van der Waals surface area contributed by atoms with Crippen molar-refractivity contribution in [3.8, 4) is 11.5 Å². The molecule has 1 aliphatic rings. The van der Waals surface area contributed by atoms with Crippen molar-refractivity contribution >= 4 is 15.9 Å². The van der Waals surface area contributed by atoms with Crippen LogP contribution in [-0.4, -0.2) is 18.3 Å². The molecule has 0 aromatic heterocycles. The van der Waals surface area contributed by atoms with Crippen LogP contribution in [0.15, 0.2) is 16.6 Å². The second kappa shape index (κ2) is 5.93. The predicted molar refractivity (Wildman–Crippen MR) is 76.0 cm³/mol. The van der Waals surface area contributed by atoms with E-state index in [1.807, 2.05) is 12.1 Å². The second-order valence-corrected chi connectivity index (χ2v) is 5.88. The maximum Gasteiger partial charge on any atom is 0.172 e. The van der Waals surface area contributed by atoms with Gasteiger partial charge in [0.25, 0.3) is 0 Å². The summed E-state index contributed by atoms with van der Waals surface area (Å²) in [7, 11) is 1.57. The Kier molecular flexibility index (Phi) is 4.51. The topological polar surface area (TPSA) is 41.5 Å². The van der Waals surface area contributed by atoms with E-state index in [1.54, 1.807) is 7.11 Å². The molecule has 0 aliphatic heterocycles. The Morgan fingerprint density at radius 3 is 2.83 bits per heavy atom. The molecule has 18 heavy (non-hydrogen) atoms. The molecule has 0 saturated heterocycles. The van der Waals surface area contributed by atoms with Gasteiger partial charge in [0.05, 0.1) is 11.6 Å². The van der Waals surface area contributed by atoms with Gasteiger partial charge in [0.1, 0.15) is 0 Å². The molecule has 0 bridgehead atoms. The minimum Gasteiger partial charge on any atom is -0.503 e. The van der Waals surface area contributed by atoms with Crippen LogP contribution >= 0.6 is 15.9 Å². The molecular formula is C14H20BrNO2. The third-order valence-electron chi connectivity index (χ3n) is 3.74. The summed E-state index contributed by atoms with van der Waals surface area (Å²) >= 11 is 3.35. The van der Waals surface area contributed by atoms with Crippen LogP contribution in [0.4, 0.5) is 0 Å². The summed E-state index contributed by atoms with van der Waals surface area (Å²) in [6.45, 7) is 3.11. The number of phenols is 1. The Bertz CT molecular complexity index is 423. The van der Waals surface area contributed by atoms with Crippen LogP contribution in [0.5, 0.6) is 11.5 Å². The number of rotatable bonds is 4. The summed E-state index contributed by atoms with van der Waals surface area (Å²) in [6.07, 6.45) is 3.90. The highest BCUT2D eigenvalue weighted by Gasteiger charge is 2.22. The van der Waals surface area contributed by atoms with E-state index in [0.717, 1.165) is 18.0 Å². The van der Waals surface area contributed by atoms with Crippen molar-refractivity contribution in [3.63, 3.8) is 0 Å². The molecule has 2 N–H and O–H groups in total. The molecule has 1 aliphatic carbocycles. The first-order chi connectivity index (χ1) is 8.61. The normalized spacial score (nSPS) is 23.3. The molecule has 1 fully saturated rings. The quantitative estimate of drug-likeness (QED) is 0.894. The van der Waals surface area contributed by atoms with Gasteiger partial charge in [-0.25, -0.2) is 0 Å². The van der Waals surface area contributed by atoms with Gasteiger partial charge >= 0.3 is 0 Å². The van der Waals surface area contributed by atoms with Gasteiger partial charge in [-0.05, 0) is 52.4 Å². The maximum absolute atomic E-state index is 9.75. The van der Waals surface area contributed by atoms with E-state index >= 15 is 0 Å². The molecule has 3 nitrogen and oxygen atoms in total. The number of halogens is 1. The lowest BCUT2D eigenvalue weighted by Crippen LogP contribution is -2.30. The first-order valence-electron chi connectivity index (χ1n) is 6.40. The number of nitrogens with one attached hydrogen (secondary N) is 1. The highest BCUT2D eigenvalue weighted by molar-refractivity contribution is 9.10. The van der Waals surface area contributed by atoms with Gasteiger partial charge in [0.15, 0.2) is 11.5 Å². The minimum absolute atomic E-state index is 0.162. The monoisotopic (exact) mass is 313 g/mol. The summed E-state index contributed by atoms with van der Waals surface area (Å²) in [5.74, 6) is 1.43. The summed E-state index contributed by atoms with van der Waals surface area (Å²) in [6, 6.07) is 4.43. The fraction of sp³-hybridized carbons (Fsp3) is 0.571. The number of aromatic hydroxyl groups is 1. The minimum atomic E-state index is 0.162. The highest BCUT2D eigenvalue weighted by Crippen LogP contribution is 2.35. The van der Waals surface area contributed by atoms with Crippen LogP contribution in [0.25, 0.3) is 0 Å². The van der Waals surface area contributed by atoms with Crippen molar-refractivity contribution in [2.75, 3.05) is 7.11 Å². The van der Waals surface area contributed by atoms with Crippen molar-refractivity contribution in [2.24, 2.45) is 5.92 Å². The Morgan fingerprint density at radius 2 is 2.22 bits per heavy atom. The van der Waals surface area contributed by atoms with Crippen LogP contribution in [0.1, 0.15) is 31.7 Å². The van der Waals surface area contributed by atoms with E-state index in [4.69, 9.17) is 4.74 Å². The van der Waals surface area contributed by atoms with E-state index in [9.17, 15) is 5.11 Å². The van der Waals surface area contributed by atoms with Gasteiger partial charge in [-0.3, -0.25) is 0 Å². The number of methoxy groups -OCH3 is 1. The zero-order valence-corrected chi connectivity index (χ0v) is 12.5. The lowest BCUT2D eigenvalue weighted by atomic mass is 10.1. The van der Waals surface area contributed by atoms with E-state index in [-0.39, 0.29) is 5.75 Å². The van der Waals surface area contributed by atoms with Gasteiger partial charge < -0.3 is 15.2 Å². The van der Waals surface area contributed by atoms with Crippen LogP contribution in [0, 0.1) is 5.92 Å². The summed E-state index contributed by atoms with van der Waals surface area (Å²) < 4.78 is 5.83. The zero-order valence-electron chi connectivity index (χ0n) is 10.9. The van der Waals surface area contributed by atoms with Crippen LogP contribution in [0.3, 0.4) is 0 Å². The molecule has 1 aromatic carbocycles. The van der Waals surface area contributed by atoms with E-state index in [0.29, 0.717) is 16.3 Å². The van der Waals surface area contributed by atoms with Crippen molar-refractivity contribution in [1.82, 2.24) is 5.32 Å². The largest absolute Gasteiger partial charge is 0.503 e. The lowest BCUT2D eigenvalue weighted by molar-refractivity contribution is 0.370. The smallest absolute Gasteiger partial charge is 0.172 e. The fourth-order valence-electron chi connectivity index (χ4n) is 2.58. The molecule has 100 valence electrons. The molecule has 0 amide bonds. The molecule has 1 saturated carbocycles. The Hall–Kier alpha value is -0.740. The van der Waals surface area contributed by atoms with E-state index in [2.05, 4.69) is 28.2 Å². The number of hydrogen-bond acceptors (Lipinski definition) is 3. The average molecular weight is 314 g/mol. The third-order valence-corrected chi connectivity index (χ3v) is 4.34. The van der Waals surface area contributed by atoms with Crippen LogP contribution in [0.2, 0.25) is 0 Å². The van der Waals surface area contributed by atoms with Crippen molar-refractivity contribution < 1.29 is 9.84 Å². The van der Waals surface area contributed by atoms with E-state index in [1.165, 1.54) is 19.3 Å². The van der Waals surface area contributed by atoms with Crippen molar-refractivity contribution in [3.05, 3.63) is 22.2 Å². The number of benzene rings is 1. The molecule has 2 atom stereocenters. The Balaban J connectivity index is 2.03. The molecule has 0 radical (unpaired) electrons. The lowest BCUT2D eigenvalue weighted by Gasteiger charge is -2.18. The summed E-state index contributed by atoms with van der Waals surface area (Å²) in [4.78, 5) is 0. The number of hydrogen-bond donors (Lipinski definition) is 2. The molecule has 1 aromatic rings. The van der Waals surface area contributed by atoms with Gasteiger partial charge in [0.2, 0.25) is 0 Å². The fourth-order valence-corrected chi connectivity index (χ4v) is 3.07. The molecule has 0 spiro atoms. The molecule has 4 heteroatoms. The number of ether oxygens (including phenoxy) is 1. The van der Waals surface area contributed by atoms with Gasteiger partial charge in [-0.1, -0.05) is 13.3 Å². The highest BCUT2D eigenvalue weighted by atomic mass is 79.9. The Morgan fingerprint density at radius 1 is 1.44 bits per heavy atom. The number of phenolic OH excluding ortho intramolecular Hbond substituents is 1. The van der Waals surface area contributed by atoms with Crippen LogP contribution in [-0.2, 0) is 6.54 Å². The van der Waals surface area contributed by atoms with E-state index < -0.39 is 0 Å². The Labute approximate surface area is 117 Å². The van der Waals surface area contributed by atoms with Gasteiger partial charge in [-0.15, -0.1) is 0 Å². The average Bonchev–Trinajstić information content (AvgIpc) is 2.76. The third kappa shape index (κ3) is 2.98. The first kappa shape index (κ1) is 13.7. The van der Waals surface area contributed by atoms with Gasteiger partial charge in [0, 0.05) is 12.6 Å². The molecule has 0 heterocycles. The first-order valence-corrected chi connectivity index (χ1v) is 7.20. The zero-order chi connectivity index (χ0) is 13.1. The van der Waals surface area contributed by atoms with Crippen molar-refractivity contribution in [1.29, 1.82) is 0 Å². The second-order valence-electron chi connectivity index (χ2n) is 5.02.